The lowest BCUT2D eigenvalue weighted by Crippen LogP contribution is -2.06. The second-order valence-corrected chi connectivity index (χ2v) is 6.18. The van der Waals surface area contributed by atoms with Crippen LogP contribution in [0.25, 0.3) is 10.7 Å². The Morgan fingerprint density at radius 3 is 2.94 bits per heavy atom. The number of thiophene rings is 1. The van der Waals surface area contributed by atoms with E-state index in [1.54, 1.807) is 11.3 Å². The van der Waals surface area contributed by atoms with Crippen molar-refractivity contribution in [3.05, 3.63) is 28.3 Å². The Kier molecular flexibility index (Phi) is 3.26. The minimum Gasteiger partial charge on any atom is -0.370 e. The highest BCUT2D eigenvalue weighted by atomic mass is 32.2. The molecule has 3 nitrogen and oxygen atoms in total. The van der Waals surface area contributed by atoms with Crippen LogP contribution in [0.3, 0.4) is 0 Å². The number of hydrogen-bond donors (Lipinski definition) is 1. The Morgan fingerprint density at radius 1 is 1.33 bits per heavy atom. The molecular formula is C13H15N3S2. The van der Waals surface area contributed by atoms with Gasteiger partial charge in [-0.3, -0.25) is 0 Å². The maximum atomic E-state index is 4.74. The number of nitrogens with one attached hydrogen (secondary N) is 1. The molecule has 18 heavy (non-hydrogen) atoms. The molecule has 2 aromatic heterocycles. The average Bonchev–Trinajstić information content (AvgIpc) is 2.97. The van der Waals surface area contributed by atoms with E-state index in [1.807, 2.05) is 11.8 Å². The van der Waals surface area contributed by atoms with E-state index in [1.165, 1.54) is 21.7 Å². The van der Waals surface area contributed by atoms with Gasteiger partial charge in [0.2, 0.25) is 0 Å². The molecule has 0 radical (unpaired) electrons. The van der Waals surface area contributed by atoms with E-state index < -0.39 is 0 Å². The molecule has 1 aliphatic heterocycles. The van der Waals surface area contributed by atoms with Gasteiger partial charge in [0.05, 0.1) is 10.6 Å². The molecule has 0 spiro atoms. The first-order chi connectivity index (χ1) is 8.79. The number of thioether (sulfide) groups is 1. The van der Waals surface area contributed by atoms with E-state index in [-0.39, 0.29) is 0 Å². The molecule has 94 valence electrons. The van der Waals surface area contributed by atoms with Gasteiger partial charge in [-0.15, -0.1) is 11.3 Å². The van der Waals surface area contributed by atoms with E-state index in [2.05, 4.69) is 30.6 Å². The standard InChI is InChI=1S/C13H15N3S2/c1-3-14-12-9-6-17-7-10(9)15-13(16-12)11-8(2)4-5-18-11/h4-5H,3,6-7H2,1-2H3,(H,14,15,16). The smallest absolute Gasteiger partial charge is 0.172 e. The van der Waals surface area contributed by atoms with E-state index >= 15 is 0 Å². The lowest BCUT2D eigenvalue weighted by molar-refractivity contribution is 1.05. The van der Waals surface area contributed by atoms with Crippen LogP contribution < -0.4 is 5.32 Å². The third kappa shape index (κ3) is 2.01. The molecule has 0 amide bonds. The van der Waals surface area contributed by atoms with Crippen molar-refractivity contribution < 1.29 is 0 Å². The number of rotatable bonds is 3. The van der Waals surface area contributed by atoms with Crippen LogP contribution >= 0.6 is 23.1 Å². The highest BCUT2D eigenvalue weighted by Crippen LogP contribution is 2.36. The number of hydrogen-bond acceptors (Lipinski definition) is 5. The molecule has 0 atom stereocenters. The molecule has 0 aliphatic carbocycles. The average molecular weight is 277 g/mol. The van der Waals surface area contributed by atoms with Crippen LogP contribution in [0.15, 0.2) is 11.4 Å². The van der Waals surface area contributed by atoms with Crippen LogP contribution in [0.1, 0.15) is 23.7 Å². The van der Waals surface area contributed by atoms with Crippen LogP contribution in [0.2, 0.25) is 0 Å². The summed E-state index contributed by atoms with van der Waals surface area (Å²) in [4.78, 5) is 10.6. The van der Waals surface area contributed by atoms with Gasteiger partial charge in [-0.1, -0.05) is 0 Å². The van der Waals surface area contributed by atoms with Crippen molar-refractivity contribution in [2.45, 2.75) is 25.4 Å². The molecule has 1 aliphatic rings. The van der Waals surface area contributed by atoms with Crippen molar-refractivity contribution in [3.63, 3.8) is 0 Å². The minimum atomic E-state index is 0.875. The number of aryl methyl sites for hydroxylation is 1. The van der Waals surface area contributed by atoms with Gasteiger partial charge in [-0.2, -0.15) is 11.8 Å². The molecule has 0 unspecified atom stereocenters. The summed E-state index contributed by atoms with van der Waals surface area (Å²) in [5.41, 5.74) is 3.75. The van der Waals surface area contributed by atoms with E-state index in [0.29, 0.717) is 0 Å². The largest absolute Gasteiger partial charge is 0.370 e. The second-order valence-electron chi connectivity index (χ2n) is 4.28. The number of aromatic nitrogens is 2. The fourth-order valence-corrected chi connectivity index (χ4v) is 3.97. The maximum absolute atomic E-state index is 4.74. The fraction of sp³-hybridized carbons (Fsp3) is 0.385. The molecule has 5 heteroatoms. The Labute approximate surface area is 115 Å². The molecule has 3 heterocycles. The normalized spacial score (nSPS) is 13.7. The lowest BCUT2D eigenvalue weighted by atomic mass is 10.2. The highest BCUT2D eigenvalue weighted by Gasteiger charge is 2.20. The van der Waals surface area contributed by atoms with Crippen molar-refractivity contribution in [2.24, 2.45) is 0 Å². The minimum absolute atomic E-state index is 0.875. The van der Waals surface area contributed by atoms with Gasteiger partial charge >= 0.3 is 0 Å². The monoisotopic (exact) mass is 277 g/mol. The molecule has 0 saturated heterocycles. The molecule has 0 aromatic carbocycles. The van der Waals surface area contributed by atoms with E-state index in [9.17, 15) is 0 Å². The third-order valence-corrected chi connectivity index (χ3v) is 4.97. The Hall–Kier alpha value is -1.07. The first-order valence-corrected chi connectivity index (χ1v) is 8.09. The summed E-state index contributed by atoms with van der Waals surface area (Å²) in [6, 6.07) is 2.12. The fourth-order valence-electron chi connectivity index (χ4n) is 2.07. The van der Waals surface area contributed by atoms with Gasteiger partial charge in [-0.25, -0.2) is 9.97 Å². The zero-order valence-electron chi connectivity index (χ0n) is 10.5. The van der Waals surface area contributed by atoms with Crippen LogP contribution in [0.4, 0.5) is 5.82 Å². The highest BCUT2D eigenvalue weighted by molar-refractivity contribution is 7.98. The van der Waals surface area contributed by atoms with Crippen LogP contribution in [0.5, 0.6) is 0 Å². The summed E-state index contributed by atoms with van der Waals surface area (Å²) >= 11 is 3.63. The molecule has 0 bridgehead atoms. The zero-order chi connectivity index (χ0) is 12.5. The van der Waals surface area contributed by atoms with Crippen molar-refractivity contribution in [1.82, 2.24) is 9.97 Å². The number of fused-ring (bicyclic) bond motifs is 1. The van der Waals surface area contributed by atoms with Gasteiger partial charge in [0.1, 0.15) is 5.82 Å². The Bertz CT molecular complexity index is 578. The Morgan fingerprint density at radius 2 is 2.22 bits per heavy atom. The third-order valence-electron chi connectivity index (χ3n) is 2.99. The number of anilines is 1. The first-order valence-electron chi connectivity index (χ1n) is 6.05. The summed E-state index contributed by atoms with van der Waals surface area (Å²) in [5, 5.41) is 5.47. The second kappa shape index (κ2) is 4.90. The van der Waals surface area contributed by atoms with Crippen molar-refractivity contribution >= 4 is 28.9 Å². The summed E-state index contributed by atoms with van der Waals surface area (Å²) in [5.74, 6) is 3.93. The van der Waals surface area contributed by atoms with Gasteiger partial charge in [0.15, 0.2) is 5.82 Å². The SMILES string of the molecule is CCNc1nc(-c2sccc2C)nc2c1CSC2. The Balaban J connectivity index is 2.12. The van der Waals surface area contributed by atoms with Gasteiger partial charge in [0.25, 0.3) is 0 Å². The van der Waals surface area contributed by atoms with Crippen molar-refractivity contribution in [3.8, 4) is 10.7 Å². The van der Waals surface area contributed by atoms with E-state index in [0.717, 1.165) is 29.7 Å². The molecule has 0 fully saturated rings. The molecule has 2 aromatic rings. The topological polar surface area (TPSA) is 37.8 Å². The maximum Gasteiger partial charge on any atom is 0.172 e. The van der Waals surface area contributed by atoms with Crippen LogP contribution in [-0.2, 0) is 11.5 Å². The summed E-state index contributed by atoms with van der Waals surface area (Å²) in [7, 11) is 0. The predicted octanol–water partition coefficient (Wildman–Crippen LogP) is 3.69. The lowest BCUT2D eigenvalue weighted by Gasteiger charge is -2.10. The summed E-state index contributed by atoms with van der Waals surface area (Å²) < 4.78 is 0. The first kappa shape index (κ1) is 12.0. The van der Waals surface area contributed by atoms with Crippen molar-refractivity contribution in [1.29, 1.82) is 0 Å². The predicted molar refractivity (Wildman–Crippen MR) is 79.2 cm³/mol. The van der Waals surface area contributed by atoms with Crippen LogP contribution in [0, 0.1) is 6.92 Å². The zero-order valence-corrected chi connectivity index (χ0v) is 12.1. The van der Waals surface area contributed by atoms with Gasteiger partial charge in [0, 0.05) is 23.6 Å². The quantitative estimate of drug-likeness (QED) is 0.928. The number of nitrogens with zero attached hydrogens (tertiary/aromatic N) is 2. The summed E-state index contributed by atoms with van der Waals surface area (Å²) in [6.45, 7) is 5.12. The molecular weight excluding hydrogens is 262 g/mol. The summed E-state index contributed by atoms with van der Waals surface area (Å²) in [6.07, 6.45) is 0. The van der Waals surface area contributed by atoms with Crippen LogP contribution in [-0.4, -0.2) is 16.5 Å². The van der Waals surface area contributed by atoms with Gasteiger partial charge in [-0.05, 0) is 30.9 Å². The van der Waals surface area contributed by atoms with E-state index in [4.69, 9.17) is 9.97 Å². The van der Waals surface area contributed by atoms with Crippen molar-refractivity contribution in [2.75, 3.05) is 11.9 Å². The molecule has 0 saturated carbocycles. The molecule has 1 N–H and O–H groups in total. The molecule has 3 rings (SSSR count). The van der Waals surface area contributed by atoms with Gasteiger partial charge < -0.3 is 5.32 Å².